The first-order chi connectivity index (χ1) is 7.50. The van der Waals surface area contributed by atoms with Crippen LogP contribution in [-0.2, 0) is 10.8 Å². The predicted octanol–water partition coefficient (Wildman–Crippen LogP) is 1.41. The van der Waals surface area contributed by atoms with E-state index in [0.29, 0.717) is 11.7 Å². The third-order valence-corrected chi connectivity index (χ3v) is 4.29. The molecular formula is C9H14N2O3S2. The molecule has 0 aliphatic carbocycles. The Morgan fingerprint density at radius 2 is 2.44 bits per heavy atom. The molecule has 0 spiro atoms. The Hall–Kier alpha value is -0.950. The van der Waals surface area contributed by atoms with Crippen molar-refractivity contribution in [2.45, 2.75) is 18.6 Å². The van der Waals surface area contributed by atoms with E-state index in [1.165, 1.54) is 16.7 Å². The normalized spacial score (nSPS) is 14.4. The molecular weight excluding hydrogens is 248 g/mol. The predicted molar refractivity (Wildman–Crippen MR) is 65.7 cm³/mol. The lowest BCUT2D eigenvalue weighted by atomic mass is 10.3. The molecule has 0 aliphatic heterocycles. The van der Waals surface area contributed by atoms with Gasteiger partial charge in [-0.1, -0.05) is 6.92 Å². The summed E-state index contributed by atoms with van der Waals surface area (Å²) in [6.07, 6.45) is 2.45. The molecule has 0 fully saturated rings. The van der Waals surface area contributed by atoms with E-state index in [1.54, 1.807) is 6.26 Å². The van der Waals surface area contributed by atoms with E-state index in [2.05, 4.69) is 10.3 Å². The Kier molecular flexibility index (Phi) is 4.88. The van der Waals surface area contributed by atoms with Gasteiger partial charge in [-0.25, -0.2) is 9.78 Å². The minimum Gasteiger partial charge on any atom is -0.476 e. The average Bonchev–Trinajstić information content (AvgIpc) is 2.66. The van der Waals surface area contributed by atoms with E-state index >= 15 is 0 Å². The van der Waals surface area contributed by atoms with Gasteiger partial charge in [-0.15, -0.1) is 11.3 Å². The summed E-state index contributed by atoms with van der Waals surface area (Å²) in [7, 11) is -0.821. The summed E-state index contributed by atoms with van der Waals surface area (Å²) in [5, 5.41) is 13.9. The maximum absolute atomic E-state index is 11.1. The van der Waals surface area contributed by atoms with E-state index in [9.17, 15) is 9.00 Å². The summed E-state index contributed by atoms with van der Waals surface area (Å²) in [4.78, 5) is 14.4. The summed E-state index contributed by atoms with van der Waals surface area (Å²) in [6.45, 7) is 2.57. The average molecular weight is 262 g/mol. The SMILES string of the molecule is CC(CCNc1nc(C(=O)O)cs1)S(C)=O. The van der Waals surface area contributed by atoms with Crippen molar-refractivity contribution >= 4 is 33.2 Å². The van der Waals surface area contributed by atoms with Gasteiger partial charge in [-0.05, 0) is 6.42 Å². The van der Waals surface area contributed by atoms with Gasteiger partial charge in [0.25, 0.3) is 0 Å². The van der Waals surface area contributed by atoms with Gasteiger partial charge in [-0.3, -0.25) is 4.21 Å². The third-order valence-electron chi connectivity index (χ3n) is 2.12. The van der Waals surface area contributed by atoms with Gasteiger partial charge >= 0.3 is 5.97 Å². The zero-order valence-electron chi connectivity index (χ0n) is 9.10. The van der Waals surface area contributed by atoms with Crippen LogP contribution < -0.4 is 5.32 Å². The van der Waals surface area contributed by atoms with Crippen LogP contribution in [0.15, 0.2) is 5.38 Å². The second-order valence-electron chi connectivity index (χ2n) is 3.37. The van der Waals surface area contributed by atoms with Gasteiger partial charge in [0.15, 0.2) is 10.8 Å². The summed E-state index contributed by atoms with van der Waals surface area (Å²) in [5.74, 6) is -1.02. The van der Waals surface area contributed by atoms with Crippen LogP contribution in [0.1, 0.15) is 23.8 Å². The lowest BCUT2D eigenvalue weighted by molar-refractivity contribution is 0.0691. The van der Waals surface area contributed by atoms with E-state index in [0.717, 1.165) is 6.42 Å². The third kappa shape index (κ3) is 3.90. The maximum atomic E-state index is 11.1. The highest BCUT2D eigenvalue weighted by atomic mass is 32.2. The second-order valence-corrected chi connectivity index (χ2v) is 6.03. The number of rotatable bonds is 6. The fourth-order valence-electron chi connectivity index (χ4n) is 1.00. The van der Waals surface area contributed by atoms with E-state index < -0.39 is 16.8 Å². The molecule has 2 unspecified atom stereocenters. The molecule has 1 aromatic rings. The zero-order valence-corrected chi connectivity index (χ0v) is 10.7. The molecule has 1 rings (SSSR count). The number of thiazole rings is 1. The van der Waals surface area contributed by atoms with Gasteiger partial charge in [-0.2, -0.15) is 0 Å². The Bertz CT molecular complexity index is 392. The Morgan fingerprint density at radius 1 is 1.75 bits per heavy atom. The van der Waals surface area contributed by atoms with Gasteiger partial charge in [0.05, 0.1) is 0 Å². The summed E-state index contributed by atoms with van der Waals surface area (Å²) >= 11 is 1.26. The van der Waals surface area contributed by atoms with Crippen LogP contribution in [0.3, 0.4) is 0 Å². The molecule has 16 heavy (non-hydrogen) atoms. The minimum atomic E-state index is -1.02. The van der Waals surface area contributed by atoms with Crippen LogP contribution in [0.4, 0.5) is 5.13 Å². The quantitative estimate of drug-likeness (QED) is 0.810. The van der Waals surface area contributed by atoms with E-state index in [-0.39, 0.29) is 10.9 Å². The monoisotopic (exact) mass is 262 g/mol. The molecule has 7 heteroatoms. The number of aromatic carboxylic acids is 1. The van der Waals surface area contributed by atoms with Crippen LogP contribution >= 0.6 is 11.3 Å². The smallest absolute Gasteiger partial charge is 0.355 e. The Labute approximate surface area is 100 Å². The van der Waals surface area contributed by atoms with Crippen molar-refractivity contribution in [1.29, 1.82) is 0 Å². The van der Waals surface area contributed by atoms with Crippen molar-refractivity contribution in [3.05, 3.63) is 11.1 Å². The number of carbonyl (C=O) groups is 1. The van der Waals surface area contributed by atoms with Crippen molar-refractivity contribution in [3.63, 3.8) is 0 Å². The topological polar surface area (TPSA) is 79.3 Å². The molecule has 0 aliphatic rings. The van der Waals surface area contributed by atoms with Crippen molar-refractivity contribution in [3.8, 4) is 0 Å². The van der Waals surface area contributed by atoms with Crippen LogP contribution in [-0.4, -0.2) is 38.3 Å². The van der Waals surface area contributed by atoms with Crippen LogP contribution in [0, 0.1) is 0 Å². The first-order valence-corrected chi connectivity index (χ1v) is 7.25. The Morgan fingerprint density at radius 3 is 2.94 bits per heavy atom. The highest BCUT2D eigenvalue weighted by Crippen LogP contribution is 2.15. The molecule has 1 heterocycles. The lowest BCUT2D eigenvalue weighted by Gasteiger charge is -2.07. The van der Waals surface area contributed by atoms with Crippen LogP contribution in [0.5, 0.6) is 0 Å². The number of aromatic nitrogens is 1. The van der Waals surface area contributed by atoms with E-state index in [4.69, 9.17) is 5.11 Å². The largest absolute Gasteiger partial charge is 0.476 e. The van der Waals surface area contributed by atoms with Crippen molar-refractivity contribution < 1.29 is 14.1 Å². The van der Waals surface area contributed by atoms with Crippen molar-refractivity contribution in [2.24, 2.45) is 0 Å². The number of carboxylic acids is 1. The molecule has 2 N–H and O–H groups in total. The first-order valence-electron chi connectivity index (χ1n) is 4.75. The number of anilines is 1. The number of carboxylic acid groups (broad SMARTS) is 1. The highest BCUT2D eigenvalue weighted by Gasteiger charge is 2.09. The minimum absolute atomic E-state index is 0.0552. The molecule has 0 aromatic carbocycles. The highest BCUT2D eigenvalue weighted by molar-refractivity contribution is 7.84. The fraction of sp³-hybridized carbons (Fsp3) is 0.556. The second kappa shape index (κ2) is 5.95. The molecule has 0 radical (unpaired) electrons. The standard InChI is InChI=1S/C9H14N2O3S2/c1-6(16(2)14)3-4-10-9-11-7(5-15-9)8(12)13/h5-6H,3-4H2,1-2H3,(H,10,11)(H,12,13). The summed E-state index contributed by atoms with van der Waals surface area (Å²) in [5.41, 5.74) is 0.0552. The van der Waals surface area contributed by atoms with E-state index in [1.807, 2.05) is 6.92 Å². The van der Waals surface area contributed by atoms with Crippen molar-refractivity contribution in [2.75, 3.05) is 18.1 Å². The fourth-order valence-corrected chi connectivity index (χ4v) is 2.16. The van der Waals surface area contributed by atoms with Gasteiger partial charge in [0, 0.05) is 34.2 Å². The van der Waals surface area contributed by atoms with Crippen LogP contribution in [0.25, 0.3) is 0 Å². The van der Waals surface area contributed by atoms with Gasteiger partial charge in [0.1, 0.15) is 0 Å². The van der Waals surface area contributed by atoms with Crippen molar-refractivity contribution in [1.82, 2.24) is 4.98 Å². The Balaban J connectivity index is 2.37. The number of nitrogens with one attached hydrogen (secondary N) is 1. The molecule has 90 valence electrons. The molecule has 2 atom stereocenters. The molecule has 0 bridgehead atoms. The maximum Gasteiger partial charge on any atom is 0.355 e. The molecule has 0 saturated heterocycles. The number of hydrogen-bond donors (Lipinski definition) is 2. The number of hydrogen-bond acceptors (Lipinski definition) is 5. The van der Waals surface area contributed by atoms with Gasteiger partial charge in [0.2, 0.25) is 0 Å². The summed E-state index contributed by atoms with van der Waals surface area (Å²) in [6, 6.07) is 0. The summed E-state index contributed by atoms with van der Waals surface area (Å²) < 4.78 is 11.1. The van der Waals surface area contributed by atoms with Gasteiger partial charge < -0.3 is 10.4 Å². The molecule has 5 nitrogen and oxygen atoms in total. The molecule has 0 amide bonds. The first kappa shape index (κ1) is 13.1. The lowest BCUT2D eigenvalue weighted by Crippen LogP contribution is -2.14. The van der Waals surface area contributed by atoms with Crippen LogP contribution in [0.2, 0.25) is 0 Å². The number of nitrogens with zero attached hydrogens (tertiary/aromatic N) is 1. The molecule has 1 aromatic heterocycles. The molecule has 0 saturated carbocycles. The zero-order chi connectivity index (χ0) is 12.1.